The first-order chi connectivity index (χ1) is 9.58. The van der Waals surface area contributed by atoms with Gasteiger partial charge in [0.25, 0.3) is 0 Å². The molecule has 0 radical (unpaired) electrons. The second kappa shape index (κ2) is 6.73. The van der Waals surface area contributed by atoms with Crippen LogP contribution >= 0.6 is 0 Å². The molecule has 1 saturated heterocycles. The van der Waals surface area contributed by atoms with Gasteiger partial charge in [0.05, 0.1) is 0 Å². The highest BCUT2D eigenvalue weighted by Crippen LogP contribution is 2.16. The molecule has 2 atom stereocenters. The Labute approximate surface area is 120 Å². The predicted molar refractivity (Wildman–Crippen MR) is 78.1 cm³/mol. The summed E-state index contributed by atoms with van der Waals surface area (Å²) in [6, 6.07) is 6.91. The second-order valence-corrected chi connectivity index (χ2v) is 5.68. The lowest BCUT2D eigenvalue weighted by atomic mass is 10.0. The molecule has 3 nitrogen and oxygen atoms in total. The zero-order valence-corrected chi connectivity index (χ0v) is 12.2. The van der Waals surface area contributed by atoms with Crippen molar-refractivity contribution in [3.8, 4) is 0 Å². The van der Waals surface area contributed by atoms with Gasteiger partial charge in [-0.1, -0.05) is 18.2 Å². The zero-order valence-electron chi connectivity index (χ0n) is 12.2. The van der Waals surface area contributed by atoms with Gasteiger partial charge in [0.1, 0.15) is 5.82 Å². The van der Waals surface area contributed by atoms with Crippen molar-refractivity contribution in [2.24, 2.45) is 0 Å². The van der Waals surface area contributed by atoms with Crippen LogP contribution < -0.4 is 5.32 Å². The number of nitrogens with zero attached hydrogens (tertiary/aromatic N) is 1. The maximum Gasteiger partial charge on any atom is 0.317 e. The van der Waals surface area contributed by atoms with Crippen molar-refractivity contribution in [3.63, 3.8) is 0 Å². The monoisotopic (exact) mass is 278 g/mol. The van der Waals surface area contributed by atoms with Crippen LogP contribution in [-0.4, -0.2) is 29.6 Å². The van der Waals surface area contributed by atoms with Crippen LogP contribution in [0.15, 0.2) is 24.3 Å². The number of benzene rings is 1. The average molecular weight is 278 g/mol. The van der Waals surface area contributed by atoms with E-state index in [2.05, 4.69) is 12.2 Å². The van der Waals surface area contributed by atoms with Crippen molar-refractivity contribution in [3.05, 3.63) is 35.6 Å². The Kier molecular flexibility index (Phi) is 4.99. The summed E-state index contributed by atoms with van der Waals surface area (Å²) in [4.78, 5) is 14.1. The van der Waals surface area contributed by atoms with Crippen molar-refractivity contribution in [1.82, 2.24) is 10.2 Å². The number of urea groups is 1. The number of hydrogen-bond donors (Lipinski definition) is 1. The van der Waals surface area contributed by atoms with Gasteiger partial charge < -0.3 is 10.2 Å². The van der Waals surface area contributed by atoms with Crippen LogP contribution in [0.25, 0.3) is 0 Å². The van der Waals surface area contributed by atoms with Crippen molar-refractivity contribution >= 4 is 6.03 Å². The molecule has 1 aromatic rings. The molecule has 2 amide bonds. The fourth-order valence-electron chi connectivity index (χ4n) is 2.74. The molecule has 0 aromatic heterocycles. The van der Waals surface area contributed by atoms with Crippen LogP contribution in [0.3, 0.4) is 0 Å². The Morgan fingerprint density at radius 3 is 2.90 bits per heavy atom. The van der Waals surface area contributed by atoms with Crippen molar-refractivity contribution < 1.29 is 9.18 Å². The molecule has 1 fully saturated rings. The maximum atomic E-state index is 13.6. The highest BCUT2D eigenvalue weighted by atomic mass is 19.1. The average Bonchev–Trinajstić information content (AvgIpc) is 2.41. The van der Waals surface area contributed by atoms with Gasteiger partial charge in [0.15, 0.2) is 0 Å². The van der Waals surface area contributed by atoms with Gasteiger partial charge in [-0.2, -0.15) is 0 Å². The van der Waals surface area contributed by atoms with E-state index >= 15 is 0 Å². The third kappa shape index (κ3) is 3.71. The minimum atomic E-state index is -0.208. The Balaban J connectivity index is 1.89. The van der Waals surface area contributed by atoms with E-state index in [0.717, 1.165) is 19.4 Å². The first-order valence-corrected chi connectivity index (χ1v) is 7.38. The number of carbonyl (C=O) groups excluding carboxylic acids is 1. The highest BCUT2D eigenvalue weighted by molar-refractivity contribution is 5.75. The van der Waals surface area contributed by atoms with E-state index in [4.69, 9.17) is 0 Å². The van der Waals surface area contributed by atoms with E-state index < -0.39 is 0 Å². The summed E-state index contributed by atoms with van der Waals surface area (Å²) >= 11 is 0. The number of halogens is 1. The zero-order chi connectivity index (χ0) is 14.5. The number of hydrogen-bond acceptors (Lipinski definition) is 1. The van der Waals surface area contributed by atoms with Gasteiger partial charge in [0, 0.05) is 18.6 Å². The molecule has 0 spiro atoms. The summed E-state index contributed by atoms with van der Waals surface area (Å²) in [6.45, 7) is 4.82. The quantitative estimate of drug-likeness (QED) is 0.903. The summed E-state index contributed by atoms with van der Waals surface area (Å²) in [6.07, 6.45) is 3.84. The van der Waals surface area contributed by atoms with Crippen LogP contribution in [0.2, 0.25) is 0 Å². The first-order valence-electron chi connectivity index (χ1n) is 7.38. The molecule has 0 aliphatic carbocycles. The molecule has 2 unspecified atom stereocenters. The number of rotatable bonds is 3. The molecule has 110 valence electrons. The standard InChI is InChI=1S/C16H23FN2O/c1-12(11-14-8-3-4-9-15(14)17)18-16(20)19-10-6-5-7-13(19)2/h3-4,8-9,12-13H,5-7,10-11H2,1-2H3,(H,18,20). The number of likely N-dealkylation sites (tertiary alicyclic amines) is 1. The van der Waals surface area contributed by atoms with E-state index in [-0.39, 0.29) is 17.9 Å². The first kappa shape index (κ1) is 14.8. The van der Waals surface area contributed by atoms with Gasteiger partial charge >= 0.3 is 6.03 Å². The number of piperidine rings is 1. The van der Waals surface area contributed by atoms with Gasteiger partial charge in [-0.3, -0.25) is 0 Å². The van der Waals surface area contributed by atoms with Crippen molar-refractivity contribution in [2.75, 3.05) is 6.54 Å². The fourth-order valence-corrected chi connectivity index (χ4v) is 2.74. The topological polar surface area (TPSA) is 32.3 Å². The SMILES string of the molecule is CC(Cc1ccccc1F)NC(=O)N1CCCCC1C. The van der Waals surface area contributed by atoms with Crippen LogP contribution in [0.4, 0.5) is 9.18 Å². The molecule has 1 aromatic carbocycles. The summed E-state index contributed by atoms with van der Waals surface area (Å²) in [5.74, 6) is -0.208. The normalized spacial score (nSPS) is 20.6. The van der Waals surface area contributed by atoms with Crippen LogP contribution in [0, 0.1) is 5.82 Å². The molecule has 0 bridgehead atoms. The molecule has 1 N–H and O–H groups in total. The lowest BCUT2D eigenvalue weighted by Crippen LogP contribution is -2.50. The summed E-state index contributed by atoms with van der Waals surface area (Å²) in [7, 11) is 0. The lowest BCUT2D eigenvalue weighted by molar-refractivity contribution is 0.155. The molecule has 1 aliphatic heterocycles. The number of nitrogens with one attached hydrogen (secondary N) is 1. The van der Waals surface area contributed by atoms with Gasteiger partial charge in [-0.15, -0.1) is 0 Å². The molecule has 0 saturated carbocycles. The molecule has 4 heteroatoms. The summed E-state index contributed by atoms with van der Waals surface area (Å²) in [5.41, 5.74) is 0.645. The minimum Gasteiger partial charge on any atom is -0.335 e. The molecule has 20 heavy (non-hydrogen) atoms. The Bertz CT molecular complexity index is 464. The second-order valence-electron chi connectivity index (χ2n) is 5.68. The maximum absolute atomic E-state index is 13.6. The van der Waals surface area contributed by atoms with Crippen LogP contribution in [-0.2, 0) is 6.42 Å². The Morgan fingerprint density at radius 2 is 2.20 bits per heavy atom. The predicted octanol–water partition coefficient (Wildman–Crippen LogP) is 3.34. The van der Waals surface area contributed by atoms with E-state index in [9.17, 15) is 9.18 Å². The van der Waals surface area contributed by atoms with Crippen molar-refractivity contribution in [1.29, 1.82) is 0 Å². The third-order valence-electron chi connectivity index (χ3n) is 3.92. The Hall–Kier alpha value is -1.58. The van der Waals surface area contributed by atoms with Crippen molar-refractivity contribution in [2.45, 2.75) is 51.6 Å². The molecule has 1 heterocycles. The Morgan fingerprint density at radius 1 is 1.45 bits per heavy atom. The van der Waals surface area contributed by atoms with E-state index in [1.54, 1.807) is 12.1 Å². The molecule has 2 rings (SSSR count). The van der Waals surface area contributed by atoms with E-state index in [1.807, 2.05) is 17.9 Å². The summed E-state index contributed by atoms with van der Waals surface area (Å²) in [5, 5.41) is 2.98. The molecule has 1 aliphatic rings. The number of amides is 2. The molecular formula is C16H23FN2O. The fraction of sp³-hybridized carbons (Fsp3) is 0.562. The number of carbonyl (C=O) groups is 1. The van der Waals surface area contributed by atoms with Crippen LogP contribution in [0.5, 0.6) is 0 Å². The minimum absolute atomic E-state index is 0.0268. The van der Waals surface area contributed by atoms with Gasteiger partial charge in [0.2, 0.25) is 0 Å². The smallest absolute Gasteiger partial charge is 0.317 e. The molecular weight excluding hydrogens is 255 g/mol. The summed E-state index contributed by atoms with van der Waals surface area (Å²) < 4.78 is 13.6. The third-order valence-corrected chi connectivity index (χ3v) is 3.92. The van der Waals surface area contributed by atoms with Gasteiger partial charge in [-0.05, 0) is 51.2 Å². The lowest BCUT2D eigenvalue weighted by Gasteiger charge is -2.34. The van der Waals surface area contributed by atoms with E-state index in [0.29, 0.717) is 18.0 Å². The van der Waals surface area contributed by atoms with E-state index in [1.165, 1.54) is 12.5 Å². The highest BCUT2D eigenvalue weighted by Gasteiger charge is 2.24. The largest absolute Gasteiger partial charge is 0.335 e. The van der Waals surface area contributed by atoms with Gasteiger partial charge in [-0.25, -0.2) is 9.18 Å². The van der Waals surface area contributed by atoms with Crippen LogP contribution in [0.1, 0.15) is 38.7 Å².